The van der Waals surface area contributed by atoms with Crippen LogP contribution in [-0.4, -0.2) is 0 Å². The number of benzene rings is 11. The number of hydrogen-bond donors (Lipinski definition) is 0. The molecule has 1 aliphatic rings. The molecular weight excluding hydrogens is 685 g/mol. The highest BCUT2D eigenvalue weighted by molar-refractivity contribution is 6.27. The van der Waals surface area contributed by atoms with Gasteiger partial charge in [0, 0.05) is 5.41 Å². The van der Waals surface area contributed by atoms with E-state index in [1.165, 1.54) is 120 Å². The molecule has 11 aromatic rings. The van der Waals surface area contributed by atoms with Gasteiger partial charge in [0.2, 0.25) is 0 Å². The fourth-order valence-corrected chi connectivity index (χ4v) is 10.4. The Kier molecular flexibility index (Phi) is 6.78. The van der Waals surface area contributed by atoms with E-state index in [1.807, 2.05) is 0 Å². The summed E-state index contributed by atoms with van der Waals surface area (Å²) in [5.74, 6) is 0. The van der Waals surface area contributed by atoms with Gasteiger partial charge in [0.1, 0.15) is 0 Å². The third kappa shape index (κ3) is 4.62. The van der Waals surface area contributed by atoms with E-state index in [9.17, 15) is 0 Å². The Bertz CT molecular complexity index is 3450. The number of hydrogen-bond acceptors (Lipinski definition) is 0. The molecule has 0 unspecified atom stereocenters. The quantitative estimate of drug-likeness (QED) is 0.126. The van der Waals surface area contributed by atoms with Crippen molar-refractivity contribution < 1.29 is 0 Å². The Morgan fingerprint density at radius 1 is 0.263 bits per heavy atom. The molecule has 266 valence electrons. The van der Waals surface area contributed by atoms with Crippen LogP contribution in [0.25, 0.3) is 109 Å². The maximum absolute atomic E-state index is 2.49. The van der Waals surface area contributed by atoms with Crippen molar-refractivity contribution in [2.24, 2.45) is 0 Å². The van der Waals surface area contributed by atoms with Crippen LogP contribution >= 0.6 is 0 Å². The lowest BCUT2D eigenvalue weighted by Crippen LogP contribution is -2.14. The van der Waals surface area contributed by atoms with E-state index >= 15 is 0 Å². The van der Waals surface area contributed by atoms with E-state index in [-0.39, 0.29) is 5.41 Å². The molecule has 0 spiro atoms. The Morgan fingerprint density at radius 3 is 1.44 bits per heavy atom. The lowest BCUT2D eigenvalue weighted by molar-refractivity contribution is 0.660. The first-order valence-corrected chi connectivity index (χ1v) is 20.1. The van der Waals surface area contributed by atoms with Gasteiger partial charge in [-0.15, -0.1) is 0 Å². The highest BCUT2D eigenvalue weighted by Gasteiger charge is 2.35. The van der Waals surface area contributed by atoms with Crippen LogP contribution in [0.1, 0.15) is 25.0 Å². The van der Waals surface area contributed by atoms with Gasteiger partial charge in [-0.3, -0.25) is 0 Å². The van der Waals surface area contributed by atoms with Crippen LogP contribution in [0.2, 0.25) is 0 Å². The second-order valence-electron chi connectivity index (χ2n) is 16.4. The van der Waals surface area contributed by atoms with Crippen molar-refractivity contribution in [3.8, 4) is 44.5 Å². The van der Waals surface area contributed by atoms with Crippen LogP contribution < -0.4 is 0 Å². The van der Waals surface area contributed by atoms with Gasteiger partial charge >= 0.3 is 0 Å². The summed E-state index contributed by atoms with van der Waals surface area (Å²) in [6.07, 6.45) is 0. The monoisotopic (exact) mass is 722 g/mol. The van der Waals surface area contributed by atoms with Crippen molar-refractivity contribution in [1.29, 1.82) is 0 Å². The molecule has 12 rings (SSSR count). The first-order chi connectivity index (χ1) is 28.0. The van der Waals surface area contributed by atoms with Crippen molar-refractivity contribution >= 4 is 64.6 Å². The number of rotatable bonds is 3. The molecule has 0 fully saturated rings. The van der Waals surface area contributed by atoms with E-state index < -0.39 is 0 Å². The molecule has 0 aliphatic heterocycles. The van der Waals surface area contributed by atoms with Crippen LogP contribution in [0.5, 0.6) is 0 Å². The molecule has 11 aromatic carbocycles. The summed E-state index contributed by atoms with van der Waals surface area (Å²) in [6.45, 7) is 4.76. The van der Waals surface area contributed by atoms with Crippen LogP contribution in [0.3, 0.4) is 0 Å². The summed E-state index contributed by atoms with van der Waals surface area (Å²) in [4.78, 5) is 0. The van der Waals surface area contributed by atoms with E-state index in [4.69, 9.17) is 0 Å². The lowest BCUT2D eigenvalue weighted by atomic mass is 9.80. The van der Waals surface area contributed by atoms with Crippen LogP contribution in [-0.2, 0) is 5.41 Å². The third-order valence-electron chi connectivity index (χ3n) is 13.0. The van der Waals surface area contributed by atoms with Gasteiger partial charge in [-0.1, -0.05) is 190 Å². The highest BCUT2D eigenvalue weighted by atomic mass is 14.4. The minimum Gasteiger partial charge on any atom is -0.0619 e. The largest absolute Gasteiger partial charge is 0.0619 e. The van der Waals surface area contributed by atoms with Gasteiger partial charge in [0.15, 0.2) is 0 Å². The molecule has 0 heteroatoms. The minimum atomic E-state index is -0.0976. The number of fused-ring (bicyclic) bond motifs is 12. The van der Waals surface area contributed by atoms with Crippen LogP contribution in [0.4, 0.5) is 0 Å². The van der Waals surface area contributed by atoms with Crippen molar-refractivity contribution in [3.63, 3.8) is 0 Å². The van der Waals surface area contributed by atoms with E-state index in [0.29, 0.717) is 0 Å². The van der Waals surface area contributed by atoms with E-state index in [1.54, 1.807) is 0 Å². The molecular formula is C57H38. The first kappa shape index (κ1) is 32.2. The zero-order valence-corrected chi connectivity index (χ0v) is 32.0. The van der Waals surface area contributed by atoms with Gasteiger partial charge < -0.3 is 0 Å². The average molecular weight is 723 g/mol. The van der Waals surface area contributed by atoms with Gasteiger partial charge in [0.05, 0.1) is 0 Å². The van der Waals surface area contributed by atoms with Crippen molar-refractivity contribution in [3.05, 3.63) is 205 Å². The fraction of sp³-hybridized carbons (Fsp3) is 0.0526. The first-order valence-electron chi connectivity index (χ1n) is 20.1. The summed E-state index contributed by atoms with van der Waals surface area (Å²) in [5.41, 5.74) is 12.9. The molecule has 0 atom stereocenters. The van der Waals surface area contributed by atoms with Gasteiger partial charge in [0.25, 0.3) is 0 Å². The van der Waals surface area contributed by atoms with Crippen LogP contribution in [0.15, 0.2) is 194 Å². The summed E-state index contributed by atoms with van der Waals surface area (Å²) < 4.78 is 0. The van der Waals surface area contributed by atoms with Crippen molar-refractivity contribution in [2.75, 3.05) is 0 Å². The second-order valence-corrected chi connectivity index (χ2v) is 16.4. The van der Waals surface area contributed by atoms with Crippen LogP contribution in [0, 0.1) is 0 Å². The van der Waals surface area contributed by atoms with Gasteiger partial charge in [-0.05, 0) is 138 Å². The predicted octanol–water partition coefficient (Wildman–Crippen LogP) is 15.9. The van der Waals surface area contributed by atoms with E-state index in [0.717, 1.165) is 0 Å². The highest BCUT2D eigenvalue weighted by Crippen LogP contribution is 2.52. The molecule has 0 aromatic heterocycles. The molecule has 0 radical (unpaired) electrons. The third-order valence-corrected chi connectivity index (χ3v) is 13.0. The van der Waals surface area contributed by atoms with Gasteiger partial charge in [-0.25, -0.2) is 0 Å². The van der Waals surface area contributed by atoms with Crippen molar-refractivity contribution in [2.45, 2.75) is 19.3 Å². The SMILES string of the molecule is CC1(C)c2ccccc2-c2ccc(-c3c4ccccc4c(-c4ccc5c6ccccc6c6ccccc6c5c4)c4ccc(-c5cccc6ccccc56)cc34)cc21. The molecule has 57 heavy (non-hydrogen) atoms. The summed E-state index contributed by atoms with van der Waals surface area (Å²) in [6, 6.07) is 72.9. The Labute approximate surface area is 332 Å². The van der Waals surface area contributed by atoms with E-state index in [2.05, 4.69) is 208 Å². The Hall–Kier alpha value is -7.02. The predicted molar refractivity (Wildman–Crippen MR) is 245 cm³/mol. The summed E-state index contributed by atoms with van der Waals surface area (Å²) in [5, 5.41) is 15.4. The maximum atomic E-state index is 2.49. The molecule has 0 nitrogen and oxygen atoms in total. The summed E-state index contributed by atoms with van der Waals surface area (Å²) >= 11 is 0. The molecule has 0 heterocycles. The fourth-order valence-electron chi connectivity index (χ4n) is 10.4. The maximum Gasteiger partial charge on any atom is 0.0159 e. The smallest absolute Gasteiger partial charge is 0.0159 e. The zero-order valence-electron chi connectivity index (χ0n) is 32.0. The minimum absolute atomic E-state index is 0.0976. The standard InChI is InChI=1S/C57H38/c1-57(2)53-25-12-11-21-46(53)47-30-28-38(34-54(47)57)56-49-23-10-9-22-48(49)55(50-31-26-36(32-52(50)56)40-24-13-15-35-14-3-4-16-39(35)40)37-27-29-45-43-19-6-5-17-41(43)42-18-7-8-20-44(42)51(45)33-37/h3-34H,1-2H3. The summed E-state index contributed by atoms with van der Waals surface area (Å²) in [7, 11) is 0. The Balaban J connectivity index is 1.19. The zero-order chi connectivity index (χ0) is 37.8. The molecule has 0 saturated carbocycles. The molecule has 0 bridgehead atoms. The normalized spacial score (nSPS) is 13.2. The molecule has 0 amide bonds. The average Bonchev–Trinajstić information content (AvgIpc) is 3.50. The lowest BCUT2D eigenvalue weighted by Gasteiger charge is -2.23. The molecule has 0 saturated heterocycles. The second kappa shape index (κ2) is 12.0. The molecule has 1 aliphatic carbocycles. The topological polar surface area (TPSA) is 0 Å². The van der Waals surface area contributed by atoms with Gasteiger partial charge in [-0.2, -0.15) is 0 Å². The van der Waals surface area contributed by atoms with Crippen molar-refractivity contribution in [1.82, 2.24) is 0 Å². The Morgan fingerprint density at radius 2 is 0.702 bits per heavy atom. The molecule has 0 N–H and O–H groups in total.